The summed E-state index contributed by atoms with van der Waals surface area (Å²) in [6.07, 6.45) is 4.09. The molecule has 3 nitrogen and oxygen atoms in total. The Morgan fingerprint density at radius 1 is 1.64 bits per heavy atom. The highest BCUT2D eigenvalue weighted by Crippen LogP contribution is 2.23. The molecule has 2 rings (SSSR count). The second kappa shape index (κ2) is 4.15. The molecule has 2 N–H and O–H groups in total. The van der Waals surface area contributed by atoms with Crippen LogP contribution in [0.5, 0.6) is 0 Å². The fourth-order valence-electron chi connectivity index (χ4n) is 2.10. The lowest BCUT2D eigenvalue weighted by atomic mass is 10.0. The first kappa shape index (κ1) is 9.74. The summed E-state index contributed by atoms with van der Waals surface area (Å²) in [6, 6.07) is 4.66. The Bertz CT molecular complexity index is 271. The van der Waals surface area contributed by atoms with E-state index in [1.807, 2.05) is 12.1 Å². The van der Waals surface area contributed by atoms with Crippen LogP contribution in [0.25, 0.3) is 0 Å². The van der Waals surface area contributed by atoms with Gasteiger partial charge < -0.3 is 10.2 Å². The molecule has 0 bridgehead atoms. The molecule has 1 aliphatic rings. The summed E-state index contributed by atoms with van der Waals surface area (Å²) >= 11 is 0. The van der Waals surface area contributed by atoms with Gasteiger partial charge in [-0.3, -0.25) is 4.90 Å². The highest BCUT2D eigenvalue weighted by Gasteiger charge is 2.23. The summed E-state index contributed by atoms with van der Waals surface area (Å²) in [7, 11) is 0. The Kier molecular flexibility index (Phi) is 2.89. The van der Waals surface area contributed by atoms with Crippen LogP contribution in [0, 0.1) is 0 Å². The number of hydrogen-bond donors (Lipinski definition) is 1. The van der Waals surface area contributed by atoms with Crippen molar-refractivity contribution in [3.63, 3.8) is 0 Å². The maximum Gasteiger partial charge on any atom is 0.120 e. The summed E-state index contributed by atoms with van der Waals surface area (Å²) in [4.78, 5) is 2.40. The van der Waals surface area contributed by atoms with E-state index in [1.54, 1.807) is 6.26 Å². The van der Waals surface area contributed by atoms with Crippen molar-refractivity contribution in [3.05, 3.63) is 24.2 Å². The first-order chi connectivity index (χ1) is 6.77. The molecule has 0 aromatic carbocycles. The van der Waals surface area contributed by atoms with Gasteiger partial charge in [0, 0.05) is 12.6 Å². The molecule has 1 fully saturated rings. The predicted molar refractivity (Wildman–Crippen MR) is 55.9 cm³/mol. The molecule has 0 spiro atoms. The summed E-state index contributed by atoms with van der Waals surface area (Å²) in [5.41, 5.74) is 5.94. The van der Waals surface area contributed by atoms with Crippen LogP contribution in [0.2, 0.25) is 0 Å². The Labute approximate surface area is 84.9 Å². The fourth-order valence-corrected chi connectivity index (χ4v) is 2.10. The van der Waals surface area contributed by atoms with Crippen LogP contribution in [-0.4, -0.2) is 24.0 Å². The molecule has 0 amide bonds. The van der Waals surface area contributed by atoms with Gasteiger partial charge in [0.25, 0.3) is 0 Å². The summed E-state index contributed by atoms with van der Waals surface area (Å²) in [5.74, 6) is 1.04. The Hall–Kier alpha value is -0.800. The van der Waals surface area contributed by atoms with Crippen LogP contribution in [0.15, 0.2) is 22.8 Å². The van der Waals surface area contributed by atoms with Crippen LogP contribution in [-0.2, 0) is 0 Å². The Balaban J connectivity index is 2.00. The van der Waals surface area contributed by atoms with Crippen LogP contribution >= 0.6 is 0 Å². The summed E-state index contributed by atoms with van der Waals surface area (Å²) < 4.78 is 5.40. The average molecular weight is 194 g/mol. The zero-order valence-electron chi connectivity index (χ0n) is 8.65. The number of piperidine rings is 1. The van der Waals surface area contributed by atoms with Crippen molar-refractivity contribution in [3.8, 4) is 0 Å². The number of nitrogens with two attached hydrogens (primary N) is 1. The van der Waals surface area contributed by atoms with E-state index >= 15 is 0 Å². The first-order valence-electron chi connectivity index (χ1n) is 5.30. The predicted octanol–water partition coefficient (Wildman–Crippen LogP) is 1.76. The quantitative estimate of drug-likeness (QED) is 0.780. The first-order valence-corrected chi connectivity index (χ1v) is 5.30. The third-order valence-electron chi connectivity index (χ3n) is 2.99. The molecular weight excluding hydrogens is 176 g/mol. The van der Waals surface area contributed by atoms with E-state index in [-0.39, 0.29) is 0 Å². The molecule has 1 aromatic heterocycles. The minimum absolute atomic E-state index is 0.334. The lowest BCUT2D eigenvalue weighted by molar-refractivity contribution is 0.144. The molecule has 0 aliphatic carbocycles. The second-order valence-corrected chi connectivity index (χ2v) is 4.09. The normalized spacial score (nSPS) is 26.3. The van der Waals surface area contributed by atoms with Crippen molar-refractivity contribution in [1.29, 1.82) is 0 Å². The maximum atomic E-state index is 5.94. The fraction of sp³-hybridized carbons (Fsp3) is 0.636. The van der Waals surface area contributed by atoms with E-state index in [9.17, 15) is 0 Å². The third-order valence-corrected chi connectivity index (χ3v) is 2.99. The minimum Gasteiger partial charge on any atom is -0.468 e. The monoisotopic (exact) mass is 194 g/mol. The van der Waals surface area contributed by atoms with Crippen molar-refractivity contribution in [2.75, 3.05) is 13.1 Å². The molecule has 0 saturated carbocycles. The van der Waals surface area contributed by atoms with Crippen molar-refractivity contribution in [2.45, 2.75) is 31.8 Å². The average Bonchev–Trinajstić information content (AvgIpc) is 2.69. The van der Waals surface area contributed by atoms with Gasteiger partial charge in [-0.25, -0.2) is 0 Å². The number of rotatable bonds is 2. The molecule has 1 aromatic rings. The molecule has 0 radical (unpaired) electrons. The van der Waals surface area contributed by atoms with E-state index in [2.05, 4.69) is 11.8 Å². The van der Waals surface area contributed by atoms with E-state index in [4.69, 9.17) is 10.2 Å². The zero-order valence-corrected chi connectivity index (χ0v) is 8.65. The molecule has 3 heteroatoms. The molecule has 2 heterocycles. The Morgan fingerprint density at radius 3 is 3.14 bits per heavy atom. The van der Waals surface area contributed by atoms with Gasteiger partial charge in [0.2, 0.25) is 0 Å². The van der Waals surface area contributed by atoms with E-state index in [0.717, 1.165) is 25.3 Å². The second-order valence-electron chi connectivity index (χ2n) is 4.09. The summed E-state index contributed by atoms with van der Waals surface area (Å²) in [5, 5.41) is 0. The van der Waals surface area contributed by atoms with Gasteiger partial charge in [0.1, 0.15) is 5.76 Å². The molecule has 2 atom stereocenters. The molecule has 1 aliphatic heterocycles. The van der Waals surface area contributed by atoms with Crippen LogP contribution in [0.1, 0.15) is 31.6 Å². The number of nitrogens with zero attached hydrogens (tertiary/aromatic N) is 1. The number of likely N-dealkylation sites (tertiary alicyclic amines) is 1. The summed E-state index contributed by atoms with van der Waals surface area (Å²) in [6.45, 7) is 4.30. The van der Waals surface area contributed by atoms with Gasteiger partial charge in [-0.1, -0.05) is 0 Å². The van der Waals surface area contributed by atoms with Gasteiger partial charge in [0.15, 0.2) is 0 Å². The van der Waals surface area contributed by atoms with Crippen LogP contribution in [0.3, 0.4) is 0 Å². The van der Waals surface area contributed by atoms with Crippen molar-refractivity contribution in [1.82, 2.24) is 4.90 Å². The van der Waals surface area contributed by atoms with Gasteiger partial charge in [-0.15, -0.1) is 0 Å². The molecule has 1 saturated heterocycles. The van der Waals surface area contributed by atoms with E-state index < -0.39 is 0 Å². The van der Waals surface area contributed by atoms with Gasteiger partial charge in [-0.2, -0.15) is 0 Å². The van der Waals surface area contributed by atoms with Crippen LogP contribution < -0.4 is 5.73 Å². The number of hydrogen-bond acceptors (Lipinski definition) is 3. The maximum absolute atomic E-state index is 5.94. The van der Waals surface area contributed by atoms with Crippen molar-refractivity contribution in [2.24, 2.45) is 5.73 Å². The topological polar surface area (TPSA) is 42.4 Å². The largest absolute Gasteiger partial charge is 0.468 e. The highest BCUT2D eigenvalue weighted by atomic mass is 16.3. The Morgan fingerprint density at radius 2 is 2.50 bits per heavy atom. The smallest absolute Gasteiger partial charge is 0.120 e. The standard InChI is InChI=1S/C11H18N2O/c1-9(11-5-3-7-14-11)13-6-2-4-10(12)8-13/h3,5,7,9-10H,2,4,6,8,12H2,1H3/t9-,10+/m0/s1. The van der Waals surface area contributed by atoms with Crippen molar-refractivity contribution < 1.29 is 4.42 Å². The van der Waals surface area contributed by atoms with Crippen molar-refractivity contribution >= 4 is 0 Å². The molecular formula is C11H18N2O. The van der Waals surface area contributed by atoms with E-state index in [0.29, 0.717) is 12.1 Å². The van der Waals surface area contributed by atoms with Crippen LogP contribution in [0.4, 0.5) is 0 Å². The van der Waals surface area contributed by atoms with E-state index in [1.165, 1.54) is 6.42 Å². The third kappa shape index (κ3) is 1.99. The zero-order chi connectivity index (χ0) is 9.97. The highest BCUT2D eigenvalue weighted by molar-refractivity contribution is 5.04. The molecule has 0 unspecified atom stereocenters. The lowest BCUT2D eigenvalue weighted by Gasteiger charge is -2.34. The molecule has 78 valence electrons. The minimum atomic E-state index is 0.334. The van der Waals surface area contributed by atoms with Gasteiger partial charge >= 0.3 is 0 Å². The van der Waals surface area contributed by atoms with Gasteiger partial charge in [0.05, 0.1) is 12.3 Å². The van der Waals surface area contributed by atoms with Gasteiger partial charge in [-0.05, 0) is 38.4 Å². The SMILES string of the molecule is C[C@@H](c1ccco1)N1CCC[C@@H](N)C1. The number of furan rings is 1. The lowest BCUT2D eigenvalue weighted by Crippen LogP contribution is -2.43. The molecule has 14 heavy (non-hydrogen) atoms.